The Kier molecular flexibility index (Phi) is 16.3. The molecule has 0 saturated carbocycles. The van der Waals surface area contributed by atoms with E-state index in [9.17, 15) is 13.5 Å². The number of aliphatic hydroxyl groups is 1. The molecule has 24 heavy (non-hydrogen) atoms. The van der Waals surface area contributed by atoms with Crippen LogP contribution in [0.4, 0.5) is 0 Å². The van der Waals surface area contributed by atoms with Gasteiger partial charge in [-0.05, 0) is 12.8 Å². The van der Waals surface area contributed by atoms with E-state index in [-0.39, 0.29) is 12.2 Å². The Balaban J connectivity index is 3.17. The van der Waals surface area contributed by atoms with Gasteiger partial charge in [0.2, 0.25) is 0 Å². The van der Waals surface area contributed by atoms with Crippen LogP contribution in [0.15, 0.2) is 0 Å². The molecule has 0 heterocycles. The lowest BCUT2D eigenvalue weighted by Crippen LogP contribution is -2.14. The van der Waals surface area contributed by atoms with Crippen molar-refractivity contribution in [3.63, 3.8) is 0 Å². The van der Waals surface area contributed by atoms with Crippen molar-refractivity contribution in [2.45, 2.75) is 116 Å². The van der Waals surface area contributed by atoms with E-state index in [1.54, 1.807) is 0 Å². The molecule has 0 aliphatic carbocycles. The van der Waals surface area contributed by atoms with Crippen LogP contribution in [0, 0.1) is 0 Å². The van der Waals surface area contributed by atoms with Gasteiger partial charge in [-0.25, -0.2) is 0 Å². The third-order valence-electron chi connectivity index (χ3n) is 4.60. The smallest absolute Gasteiger partial charge is 0.264 e. The second kappa shape index (κ2) is 16.3. The molecule has 146 valence electrons. The minimum atomic E-state index is -3.94. The summed E-state index contributed by atoms with van der Waals surface area (Å²) in [4.78, 5) is 0. The van der Waals surface area contributed by atoms with Crippen LogP contribution in [0.3, 0.4) is 0 Å². The standard InChI is InChI=1S/C19H40O4S/c1-2-3-4-5-6-7-8-9-10-11-12-13-14-15-16-19(20)17-18-24(21,22)23/h19-20H,2-18H2,1H3,(H,21,22,23). The van der Waals surface area contributed by atoms with Gasteiger partial charge in [-0.15, -0.1) is 0 Å². The summed E-state index contributed by atoms with van der Waals surface area (Å²) in [5.41, 5.74) is 0. The van der Waals surface area contributed by atoms with Gasteiger partial charge in [0, 0.05) is 0 Å². The number of hydrogen-bond donors (Lipinski definition) is 2. The molecule has 1 atom stereocenters. The average Bonchev–Trinajstić information content (AvgIpc) is 2.52. The maximum Gasteiger partial charge on any atom is 0.264 e. The zero-order valence-corrected chi connectivity index (χ0v) is 16.5. The highest BCUT2D eigenvalue weighted by atomic mass is 32.2. The number of hydrogen-bond acceptors (Lipinski definition) is 3. The van der Waals surface area contributed by atoms with Crippen LogP contribution in [0.1, 0.15) is 110 Å². The highest BCUT2D eigenvalue weighted by Gasteiger charge is 2.10. The zero-order valence-electron chi connectivity index (χ0n) is 15.7. The number of aliphatic hydroxyl groups excluding tert-OH is 1. The lowest BCUT2D eigenvalue weighted by atomic mass is 10.0. The molecule has 0 saturated heterocycles. The Hall–Kier alpha value is -0.130. The molecule has 0 aromatic rings. The van der Waals surface area contributed by atoms with Crippen molar-refractivity contribution in [3.8, 4) is 0 Å². The number of unbranched alkanes of at least 4 members (excludes halogenated alkanes) is 13. The van der Waals surface area contributed by atoms with Crippen LogP contribution >= 0.6 is 0 Å². The second-order valence-corrected chi connectivity index (χ2v) is 8.69. The fourth-order valence-corrected chi connectivity index (χ4v) is 3.57. The van der Waals surface area contributed by atoms with Crippen LogP contribution in [-0.2, 0) is 10.1 Å². The van der Waals surface area contributed by atoms with Gasteiger partial charge in [0.1, 0.15) is 0 Å². The first-order valence-corrected chi connectivity index (χ1v) is 11.7. The van der Waals surface area contributed by atoms with E-state index in [4.69, 9.17) is 4.55 Å². The molecular weight excluding hydrogens is 324 g/mol. The van der Waals surface area contributed by atoms with Crippen molar-refractivity contribution < 1.29 is 18.1 Å². The number of rotatable bonds is 18. The third kappa shape index (κ3) is 19.9. The van der Waals surface area contributed by atoms with Crippen LogP contribution in [0.25, 0.3) is 0 Å². The summed E-state index contributed by atoms with van der Waals surface area (Å²) in [6.07, 6.45) is 18.4. The molecule has 0 aromatic heterocycles. The summed E-state index contributed by atoms with van der Waals surface area (Å²) >= 11 is 0. The highest BCUT2D eigenvalue weighted by Crippen LogP contribution is 2.14. The lowest BCUT2D eigenvalue weighted by Gasteiger charge is -2.09. The Morgan fingerprint density at radius 3 is 1.42 bits per heavy atom. The molecule has 0 aliphatic heterocycles. The molecule has 0 spiro atoms. The first-order valence-electron chi connectivity index (χ1n) is 10.1. The predicted molar refractivity (Wildman–Crippen MR) is 102 cm³/mol. The summed E-state index contributed by atoms with van der Waals surface area (Å²) in [5.74, 6) is -0.341. The minimum Gasteiger partial charge on any atom is -0.393 e. The van der Waals surface area contributed by atoms with Gasteiger partial charge in [0.05, 0.1) is 11.9 Å². The van der Waals surface area contributed by atoms with E-state index < -0.39 is 16.2 Å². The van der Waals surface area contributed by atoms with Gasteiger partial charge >= 0.3 is 0 Å². The molecule has 0 fully saturated rings. The van der Waals surface area contributed by atoms with E-state index in [0.717, 1.165) is 12.8 Å². The molecule has 0 amide bonds. The minimum absolute atomic E-state index is 0.136. The van der Waals surface area contributed by atoms with Crippen molar-refractivity contribution in [1.29, 1.82) is 0 Å². The maximum absolute atomic E-state index is 10.6. The first-order chi connectivity index (χ1) is 11.5. The Bertz CT molecular complexity index is 354. The molecule has 0 bridgehead atoms. The SMILES string of the molecule is CCCCCCCCCCCCCCCCC(O)CCS(=O)(=O)O. The van der Waals surface area contributed by atoms with E-state index in [0.29, 0.717) is 6.42 Å². The molecule has 1 unspecified atom stereocenters. The average molecular weight is 365 g/mol. The Morgan fingerprint density at radius 2 is 1.04 bits per heavy atom. The van der Waals surface area contributed by atoms with Crippen LogP contribution in [0.5, 0.6) is 0 Å². The van der Waals surface area contributed by atoms with Gasteiger partial charge in [0.15, 0.2) is 0 Å². The third-order valence-corrected chi connectivity index (χ3v) is 5.35. The molecule has 0 aromatic carbocycles. The second-order valence-electron chi connectivity index (χ2n) is 7.11. The maximum atomic E-state index is 10.6. The van der Waals surface area contributed by atoms with Gasteiger partial charge in [-0.2, -0.15) is 8.42 Å². The van der Waals surface area contributed by atoms with Crippen molar-refractivity contribution in [2.75, 3.05) is 5.75 Å². The Morgan fingerprint density at radius 1 is 0.667 bits per heavy atom. The molecule has 0 radical (unpaired) electrons. The lowest BCUT2D eigenvalue weighted by molar-refractivity contribution is 0.156. The van der Waals surface area contributed by atoms with Crippen molar-refractivity contribution in [2.24, 2.45) is 0 Å². The summed E-state index contributed by atoms with van der Waals surface area (Å²) in [6.45, 7) is 2.26. The monoisotopic (exact) mass is 364 g/mol. The summed E-state index contributed by atoms with van der Waals surface area (Å²) in [5, 5.41) is 9.63. The topological polar surface area (TPSA) is 74.6 Å². The summed E-state index contributed by atoms with van der Waals surface area (Å²) < 4.78 is 29.8. The molecule has 0 rings (SSSR count). The molecule has 5 heteroatoms. The highest BCUT2D eigenvalue weighted by molar-refractivity contribution is 7.85. The zero-order chi connectivity index (χ0) is 18.1. The van der Waals surface area contributed by atoms with E-state index >= 15 is 0 Å². The fraction of sp³-hybridized carbons (Fsp3) is 1.00. The van der Waals surface area contributed by atoms with Gasteiger partial charge in [0.25, 0.3) is 10.1 Å². The largest absolute Gasteiger partial charge is 0.393 e. The van der Waals surface area contributed by atoms with Crippen molar-refractivity contribution in [3.05, 3.63) is 0 Å². The Labute approximate surface area is 150 Å². The van der Waals surface area contributed by atoms with Crippen LogP contribution in [0.2, 0.25) is 0 Å². The van der Waals surface area contributed by atoms with Gasteiger partial charge in [-0.3, -0.25) is 4.55 Å². The van der Waals surface area contributed by atoms with E-state index in [1.165, 1.54) is 77.0 Å². The predicted octanol–water partition coefficient (Wildman–Crippen LogP) is 5.50. The first kappa shape index (κ1) is 23.9. The normalized spacial score (nSPS) is 13.3. The molecule has 4 nitrogen and oxygen atoms in total. The fourth-order valence-electron chi connectivity index (χ4n) is 3.00. The summed E-state index contributed by atoms with van der Waals surface area (Å²) in [7, 11) is -3.94. The van der Waals surface area contributed by atoms with Crippen LogP contribution in [-0.4, -0.2) is 29.9 Å². The van der Waals surface area contributed by atoms with E-state index in [1.807, 2.05) is 0 Å². The van der Waals surface area contributed by atoms with Gasteiger partial charge < -0.3 is 5.11 Å². The molecule has 2 N–H and O–H groups in total. The van der Waals surface area contributed by atoms with Gasteiger partial charge in [-0.1, -0.05) is 96.8 Å². The summed E-state index contributed by atoms with van der Waals surface area (Å²) in [6, 6.07) is 0. The van der Waals surface area contributed by atoms with Crippen molar-refractivity contribution in [1.82, 2.24) is 0 Å². The van der Waals surface area contributed by atoms with Crippen molar-refractivity contribution >= 4 is 10.1 Å². The molecular formula is C19H40O4S. The van der Waals surface area contributed by atoms with Crippen LogP contribution < -0.4 is 0 Å². The van der Waals surface area contributed by atoms with E-state index in [2.05, 4.69) is 6.92 Å². The quantitative estimate of drug-likeness (QED) is 0.249. The molecule has 0 aliphatic rings.